The van der Waals surface area contributed by atoms with Crippen molar-refractivity contribution in [2.24, 2.45) is 5.92 Å². The standard InChI is InChI=1S/C23H29N3O4S/c1-31(28,29)25-13-17-12-19(16-25)22-7-6-21(23(27)26(22)14-17)20-5-3-2-4-18(20)15-24-8-10-30-11-9-24/h2-7,17,19H,8-16H2,1H3/t17-,19+/m0/s1. The van der Waals surface area contributed by atoms with Crippen LogP contribution in [0, 0.1) is 5.92 Å². The fraction of sp³-hybridized carbons (Fsp3) is 0.522. The van der Waals surface area contributed by atoms with Crippen molar-refractivity contribution in [2.75, 3.05) is 45.6 Å². The molecule has 2 saturated heterocycles. The van der Waals surface area contributed by atoms with Crippen molar-refractivity contribution >= 4 is 10.0 Å². The minimum atomic E-state index is -3.22. The summed E-state index contributed by atoms with van der Waals surface area (Å²) in [7, 11) is -3.22. The lowest BCUT2D eigenvalue weighted by Crippen LogP contribution is -2.48. The van der Waals surface area contributed by atoms with Crippen LogP contribution in [0.4, 0.5) is 0 Å². The average molecular weight is 444 g/mol. The maximum Gasteiger partial charge on any atom is 0.258 e. The third-order valence-electron chi connectivity index (χ3n) is 6.84. The normalized spacial score (nSPS) is 24.7. The van der Waals surface area contributed by atoms with Gasteiger partial charge in [-0.2, -0.15) is 0 Å². The van der Waals surface area contributed by atoms with Crippen LogP contribution in [-0.4, -0.2) is 67.8 Å². The van der Waals surface area contributed by atoms with Crippen molar-refractivity contribution in [3.63, 3.8) is 0 Å². The van der Waals surface area contributed by atoms with Gasteiger partial charge in [0.25, 0.3) is 5.56 Å². The van der Waals surface area contributed by atoms with Gasteiger partial charge in [-0.05, 0) is 35.6 Å². The zero-order chi connectivity index (χ0) is 21.6. The van der Waals surface area contributed by atoms with E-state index in [9.17, 15) is 13.2 Å². The van der Waals surface area contributed by atoms with E-state index in [1.807, 2.05) is 34.9 Å². The van der Waals surface area contributed by atoms with Gasteiger partial charge >= 0.3 is 0 Å². The molecule has 0 unspecified atom stereocenters. The van der Waals surface area contributed by atoms with Crippen LogP contribution in [0.5, 0.6) is 0 Å². The van der Waals surface area contributed by atoms with Crippen LogP contribution < -0.4 is 5.56 Å². The summed E-state index contributed by atoms with van der Waals surface area (Å²) in [5.41, 5.74) is 3.87. The van der Waals surface area contributed by atoms with E-state index >= 15 is 0 Å². The van der Waals surface area contributed by atoms with Gasteiger partial charge in [0.2, 0.25) is 10.0 Å². The van der Waals surface area contributed by atoms with Gasteiger partial charge in [-0.1, -0.05) is 24.3 Å². The van der Waals surface area contributed by atoms with Crippen LogP contribution in [0.15, 0.2) is 41.2 Å². The van der Waals surface area contributed by atoms with Crippen molar-refractivity contribution in [3.8, 4) is 11.1 Å². The Kier molecular flexibility index (Phi) is 5.50. The number of ether oxygens (including phenoxy) is 1. The molecule has 0 amide bonds. The molecule has 0 N–H and O–H groups in total. The fourth-order valence-electron chi connectivity index (χ4n) is 5.30. The molecule has 31 heavy (non-hydrogen) atoms. The van der Waals surface area contributed by atoms with Gasteiger partial charge in [-0.3, -0.25) is 9.69 Å². The van der Waals surface area contributed by atoms with Gasteiger partial charge < -0.3 is 9.30 Å². The minimum absolute atomic E-state index is 0.0365. The van der Waals surface area contributed by atoms with Gasteiger partial charge in [0.05, 0.1) is 19.5 Å². The predicted molar refractivity (Wildman–Crippen MR) is 119 cm³/mol. The SMILES string of the molecule is CS(=O)(=O)N1C[C@@H]2C[C@H](C1)c1ccc(-c3ccccc3CN3CCOCC3)c(=O)n1C2. The molecule has 1 aromatic heterocycles. The summed E-state index contributed by atoms with van der Waals surface area (Å²) in [6, 6.07) is 12.1. The number of piperidine rings is 1. The third kappa shape index (κ3) is 4.09. The number of hydrogen-bond donors (Lipinski definition) is 0. The number of fused-ring (bicyclic) bond motifs is 4. The highest BCUT2D eigenvalue weighted by Crippen LogP contribution is 2.36. The molecule has 3 aliphatic heterocycles. The lowest BCUT2D eigenvalue weighted by atomic mass is 9.83. The first-order valence-corrected chi connectivity index (χ1v) is 12.8. The van der Waals surface area contributed by atoms with Crippen molar-refractivity contribution in [2.45, 2.75) is 25.4 Å². The van der Waals surface area contributed by atoms with E-state index in [2.05, 4.69) is 11.0 Å². The van der Waals surface area contributed by atoms with Gasteiger partial charge in [0.15, 0.2) is 0 Å². The molecule has 1 aromatic carbocycles. The van der Waals surface area contributed by atoms with Crippen molar-refractivity contribution in [3.05, 3.63) is 58.0 Å². The Morgan fingerprint density at radius 1 is 1.00 bits per heavy atom. The van der Waals surface area contributed by atoms with E-state index in [4.69, 9.17) is 4.74 Å². The van der Waals surface area contributed by atoms with E-state index in [1.54, 1.807) is 4.31 Å². The van der Waals surface area contributed by atoms with Crippen molar-refractivity contribution in [1.29, 1.82) is 0 Å². The number of pyridine rings is 1. The summed E-state index contributed by atoms with van der Waals surface area (Å²) in [4.78, 5) is 15.9. The first-order chi connectivity index (χ1) is 14.9. The van der Waals surface area contributed by atoms with E-state index in [1.165, 1.54) is 6.26 Å². The third-order valence-corrected chi connectivity index (χ3v) is 8.08. The quantitative estimate of drug-likeness (QED) is 0.720. The smallest absolute Gasteiger partial charge is 0.258 e. The highest BCUT2D eigenvalue weighted by atomic mass is 32.2. The lowest BCUT2D eigenvalue weighted by Gasteiger charge is -2.41. The Labute approximate surface area is 183 Å². The van der Waals surface area contributed by atoms with Gasteiger partial charge in [-0.25, -0.2) is 12.7 Å². The van der Waals surface area contributed by atoms with Gasteiger partial charge in [0, 0.05) is 56.4 Å². The summed E-state index contributed by atoms with van der Waals surface area (Å²) in [5.74, 6) is 0.255. The van der Waals surface area contributed by atoms with Crippen LogP contribution in [-0.2, 0) is 27.8 Å². The van der Waals surface area contributed by atoms with Gasteiger partial charge in [-0.15, -0.1) is 0 Å². The molecule has 166 valence electrons. The zero-order valence-corrected chi connectivity index (χ0v) is 18.7. The Morgan fingerprint density at radius 2 is 1.77 bits per heavy atom. The molecule has 4 heterocycles. The summed E-state index contributed by atoms with van der Waals surface area (Å²) >= 11 is 0. The number of rotatable bonds is 4. The van der Waals surface area contributed by atoms with E-state index in [0.29, 0.717) is 19.6 Å². The number of aromatic nitrogens is 1. The molecular weight excluding hydrogens is 414 g/mol. The Bertz CT molecular complexity index is 1140. The van der Waals surface area contributed by atoms with Crippen LogP contribution in [0.25, 0.3) is 11.1 Å². The monoisotopic (exact) mass is 443 g/mol. The molecule has 0 aliphatic carbocycles. The maximum absolute atomic E-state index is 13.6. The van der Waals surface area contributed by atoms with E-state index in [0.717, 1.165) is 61.7 Å². The molecule has 2 atom stereocenters. The number of hydrogen-bond acceptors (Lipinski definition) is 5. The Morgan fingerprint density at radius 3 is 2.55 bits per heavy atom. The number of sulfonamides is 1. The molecule has 2 bridgehead atoms. The topological polar surface area (TPSA) is 71.9 Å². The lowest BCUT2D eigenvalue weighted by molar-refractivity contribution is 0.0342. The minimum Gasteiger partial charge on any atom is -0.379 e. The predicted octanol–water partition coefficient (Wildman–Crippen LogP) is 1.73. The molecule has 5 rings (SSSR count). The molecule has 0 radical (unpaired) electrons. The molecule has 3 aliphatic rings. The van der Waals surface area contributed by atoms with E-state index in [-0.39, 0.29) is 17.4 Å². The average Bonchev–Trinajstić information content (AvgIpc) is 2.75. The van der Waals surface area contributed by atoms with E-state index < -0.39 is 10.0 Å². The zero-order valence-electron chi connectivity index (χ0n) is 17.9. The van der Waals surface area contributed by atoms with Crippen LogP contribution in [0.3, 0.4) is 0 Å². The van der Waals surface area contributed by atoms with Crippen molar-refractivity contribution < 1.29 is 13.2 Å². The van der Waals surface area contributed by atoms with Gasteiger partial charge in [0.1, 0.15) is 0 Å². The van der Waals surface area contributed by atoms with Crippen LogP contribution in [0.2, 0.25) is 0 Å². The molecule has 2 aromatic rings. The maximum atomic E-state index is 13.6. The fourth-order valence-corrected chi connectivity index (χ4v) is 6.23. The number of nitrogens with zero attached hydrogens (tertiary/aromatic N) is 3. The molecule has 8 heteroatoms. The summed E-state index contributed by atoms with van der Waals surface area (Å²) in [6.45, 7) is 5.63. The first kappa shape index (κ1) is 20.9. The largest absolute Gasteiger partial charge is 0.379 e. The Balaban J connectivity index is 1.49. The Hall–Kier alpha value is -2.00. The second-order valence-electron chi connectivity index (χ2n) is 9.01. The van der Waals surface area contributed by atoms with Crippen molar-refractivity contribution in [1.82, 2.24) is 13.8 Å². The summed E-state index contributed by atoms with van der Waals surface area (Å²) in [6.07, 6.45) is 2.22. The van der Waals surface area contributed by atoms with Crippen LogP contribution in [0.1, 0.15) is 23.6 Å². The highest BCUT2D eigenvalue weighted by molar-refractivity contribution is 7.88. The molecule has 2 fully saturated rings. The molecular formula is C23H29N3O4S. The summed E-state index contributed by atoms with van der Waals surface area (Å²) < 4.78 is 33.1. The molecule has 0 spiro atoms. The number of benzene rings is 1. The highest BCUT2D eigenvalue weighted by Gasteiger charge is 2.38. The summed E-state index contributed by atoms with van der Waals surface area (Å²) in [5, 5.41) is 0. The second-order valence-corrected chi connectivity index (χ2v) is 11.0. The molecule has 0 saturated carbocycles. The first-order valence-electron chi connectivity index (χ1n) is 11.0. The molecule has 7 nitrogen and oxygen atoms in total. The second kappa shape index (κ2) is 8.16. The number of morpholine rings is 1. The van der Waals surface area contributed by atoms with Crippen LogP contribution >= 0.6 is 0 Å².